The van der Waals surface area contributed by atoms with E-state index < -0.39 is 6.10 Å². The minimum atomic E-state index is -0.511. The van der Waals surface area contributed by atoms with E-state index >= 15 is 0 Å². The zero-order valence-electron chi connectivity index (χ0n) is 11.9. The molecule has 3 heteroatoms. The van der Waals surface area contributed by atoms with Crippen LogP contribution in [0.15, 0.2) is 39.3 Å². The van der Waals surface area contributed by atoms with Crippen LogP contribution >= 0.6 is 31.9 Å². The Balaban J connectivity index is 2.25. The van der Waals surface area contributed by atoms with E-state index in [1.165, 1.54) is 11.1 Å². The Morgan fingerprint density at radius 3 is 2.25 bits per heavy atom. The zero-order valence-corrected chi connectivity index (χ0v) is 15.0. The molecule has 0 fully saturated rings. The summed E-state index contributed by atoms with van der Waals surface area (Å²) in [6, 6.07) is 10.4. The number of rotatable bonds is 3. The number of halogens is 2. The summed E-state index contributed by atoms with van der Waals surface area (Å²) < 4.78 is 1.98. The average Bonchev–Trinajstić information content (AvgIpc) is 2.38. The third kappa shape index (κ3) is 3.51. The Kier molecular flexibility index (Phi) is 5.05. The lowest BCUT2D eigenvalue weighted by molar-refractivity contribution is 0.177. The molecule has 0 saturated heterocycles. The van der Waals surface area contributed by atoms with Crippen LogP contribution < -0.4 is 0 Å². The Morgan fingerprint density at radius 2 is 1.60 bits per heavy atom. The van der Waals surface area contributed by atoms with Crippen LogP contribution in [0, 0.1) is 20.8 Å². The van der Waals surface area contributed by atoms with Crippen molar-refractivity contribution in [2.45, 2.75) is 33.3 Å². The summed E-state index contributed by atoms with van der Waals surface area (Å²) in [5, 5.41) is 10.5. The SMILES string of the molecule is Cc1ccc(CC(O)c2cc(Br)c(C)cc2Br)cc1C. The summed E-state index contributed by atoms with van der Waals surface area (Å²) in [6.07, 6.45) is 0.110. The molecule has 0 aliphatic carbocycles. The van der Waals surface area contributed by atoms with Crippen LogP contribution in [0.4, 0.5) is 0 Å². The third-order valence-electron chi connectivity index (χ3n) is 3.64. The van der Waals surface area contributed by atoms with Gasteiger partial charge in [-0.25, -0.2) is 0 Å². The first-order valence-electron chi connectivity index (χ1n) is 6.58. The van der Waals surface area contributed by atoms with Crippen molar-refractivity contribution in [1.82, 2.24) is 0 Å². The number of benzene rings is 2. The van der Waals surface area contributed by atoms with E-state index in [0.717, 1.165) is 25.6 Å². The van der Waals surface area contributed by atoms with Crippen molar-refractivity contribution in [3.8, 4) is 0 Å². The van der Waals surface area contributed by atoms with E-state index in [1.54, 1.807) is 0 Å². The monoisotopic (exact) mass is 396 g/mol. The Hall–Kier alpha value is -0.640. The van der Waals surface area contributed by atoms with Crippen LogP contribution in [0.5, 0.6) is 0 Å². The van der Waals surface area contributed by atoms with Gasteiger partial charge in [0.25, 0.3) is 0 Å². The van der Waals surface area contributed by atoms with Crippen molar-refractivity contribution in [3.63, 3.8) is 0 Å². The second-order valence-electron chi connectivity index (χ2n) is 5.26. The van der Waals surface area contributed by atoms with Crippen molar-refractivity contribution in [3.05, 3.63) is 67.1 Å². The molecule has 1 atom stereocenters. The highest BCUT2D eigenvalue weighted by atomic mass is 79.9. The van der Waals surface area contributed by atoms with Gasteiger partial charge in [-0.1, -0.05) is 50.1 Å². The number of aryl methyl sites for hydroxylation is 3. The summed E-state index contributed by atoms with van der Waals surface area (Å²) >= 11 is 7.06. The fourth-order valence-corrected chi connectivity index (χ4v) is 3.26. The van der Waals surface area contributed by atoms with Gasteiger partial charge in [-0.15, -0.1) is 0 Å². The Bertz CT molecular complexity index is 635. The normalized spacial score (nSPS) is 12.5. The fourth-order valence-electron chi connectivity index (χ4n) is 2.18. The lowest BCUT2D eigenvalue weighted by atomic mass is 9.98. The topological polar surface area (TPSA) is 20.2 Å². The van der Waals surface area contributed by atoms with Gasteiger partial charge in [0.05, 0.1) is 6.10 Å². The molecule has 1 nitrogen and oxygen atoms in total. The van der Waals surface area contributed by atoms with Crippen molar-refractivity contribution in [2.24, 2.45) is 0 Å². The molecule has 106 valence electrons. The number of hydrogen-bond donors (Lipinski definition) is 1. The number of aliphatic hydroxyl groups is 1. The van der Waals surface area contributed by atoms with Crippen LogP contribution in [0.2, 0.25) is 0 Å². The van der Waals surface area contributed by atoms with Crippen molar-refractivity contribution >= 4 is 31.9 Å². The van der Waals surface area contributed by atoms with Gasteiger partial charge in [0.15, 0.2) is 0 Å². The molecular weight excluding hydrogens is 380 g/mol. The van der Waals surface area contributed by atoms with Gasteiger partial charge in [-0.3, -0.25) is 0 Å². The first-order chi connectivity index (χ1) is 9.38. The molecule has 0 saturated carbocycles. The van der Waals surface area contributed by atoms with Gasteiger partial charge in [0.2, 0.25) is 0 Å². The molecule has 20 heavy (non-hydrogen) atoms. The molecule has 0 aliphatic heterocycles. The lowest BCUT2D eigenvalue weighted by Crippen LogP contribution is -2.04. The highest BCUT2D eigenvalue weighted by Crippen LogP contribution is 2.31. The van der Waals surface area contributed by atoms with Gasteiger partial charge in [-0.2, -0.15) is 0 Å². The maximum atomic E-state index is 10.5. The summed E-state index contributed by atoms with van der Waals surface area (Å²) in [6.45, 7) is 6.24. The first kappa shape index (κ1) is 15.7. The predicted molar refractivity (Wildman–Crippen MR) is 91.2 cm³/mol. The summed E-state index contributed by atoms with van der Waals surface area (Å²) in [5.41, 5.74) is 5.77. The summed E-state index contributed by atoms with van der Waals surface area (Å²) in [7, 11) is 0. The molecule has 0 heterocycles. The largest absolute Gasteiger partial charge is 0.388 e. The molecule has 0 amide bonds. The maximum absolute atomic E-state index is 10.5. The minimum absolute atomic E-state index is 0.511. The van der Waals surface area contributed by atoms with Crippen LogP contribution in [-0.4, -0.2) is 5.11 Å². The predicted octanol–water partition coefficient (Wildman–Crippen LogP) is 5.41. The molecule has 1 unspecified atom stereocenters. The third-order valence-corrected chi connectivity index (χ3v) is 5.18. The molecule has 0 aromatic heterocycles. The lowest BCUT2D eigenvalue weighted by Gasteiger charge is -2.15. The van der Waals surface area contributed by atoms with Gasteiger partial charge >= 0.3 is 0 Å². The van der Waals surface area contributed by atoms with E-state index in [4.69, 9.17) is 0 Å². The maximum Gasteiger partial charge on any atom is 0.0841 e. The van der Waals surface area contributed by atoms with Crippen molar-refractivity contribution in [1.29, 1.82) is 0 Å². The highest BCUT2D eigenvalue weighted by Gasteiger charge is 2.14. The van der Waals surface area contributed by atoms with Gasteiger partial charge in [0.1, 0.15) is 0 Å². The zero-order chi connectivity index (χ0) is 14.9. The highest BCUT2D eigenvalue weighted by molar-refractivity contribution is 9.11. The van der Waals surface area contributed by atoms with E-state index in [9.17, 15) is 5.11 Å². The second-order valence-corrected chi connectivity index (χ2v) is 6.97. The second kappa shape index (κ2) is 6.42. The van der Waals surface area contributed by atoms with E-state index in [0.29, 0.717) is 6.42 Å². The molecule has 0 radical (unpaired) electrons. The number of hydrogen-bond acceptors (Lipinski definition) is 1. The molecule has 2 aromatic rings. The van der Waals surface area contributed by atoms with Gasteiger partial charge in [0, 0.05) is 15.4 Å². The standard InChI is InChI=1S/C17H18Br2O/c1-10-4-5-13(6-11(10)2)8-17(20)14-9-15(18)12(3)7-16(14)19/h4-7,9,17,20H,8H2,1-3H3. The average molecular weight is 398 g/mol. The van der Waals surface area contributed by atoms with E-state index in [2.05, 4.69) is 63.9 Å². The molecule has 2 rings (SSSR count). The molecule has 1 N–H and O–H groups in total. The smallest absolute Gasteiger partial charge is 0.0841 e. The Labute approximate surface area is 137 Å². The molecule has 0 bridgehead atoms. The summed E-state index contributed by atoms with van der Waals surface area (Å²) in [5.74, 6) is 0. The first-order valence-corrected chi connectivity index (χ1v) is 8.17. The minimum Gasteiger partial charge on any atom is -0.388 e. The molecule has 2 aromatic carbocycles. The van der Waals surface area contributed by atoms with Crippen LogP contribution in [0.25, 0.3) is 0 Å². The number of aliphatic hydroxyl groups excluding tert-OH is 1. The van der Waals surface area contributed by atoms with Crippen LogP contribution in [0.3, 0.4) is 0 Å². The van der Waals surface area contributed by atoms with Gasteiger partial charge in [-0.05, 0) is 60.7 Å². The van der Waals surface area contributed by atoms with Crippen molar-refractivity contribution < 1.29 is 5.11 Å². The molecule has 0 aliphatic rings. The van der Waals surface area contributed by atoms with E-state index in [1.807, 2.05) is 19.1 Å². The van der Waals surface area contributed by atoms with Crippen molar-refractivity contribution in [2.75, 3.05) is 0 Å². The fraction of sp³-hybridized carbons (Fsp3) is 0.294. The Morgan fingerprint density at radius 1 is 0.900 bits per heavy atom. The van der Waals surface area contributed by atoms with Gasteiger partial charge < -0.3 is 5.11 Å². The van der Waals surface area contributed by atoms with Crippen LogP contribution in [-0.2, 0) is 6.42 Å². The van der Waals surface area contributed by atoms with Crippen LogP contribution in [0.1, 0.15) is 33.9 Å². The summed E-state index contributed by atoms with van der Waals surface area (Å²) in [4.78, 5) is 0. The molecular formula is C17H18Br2O. The quantitative estimate of drug-likeness (QED) is 0.733. The molecule has 0 spiro atoms. The van der Waals surface area contributed by atoms with E-state index in [-0.39, 0.29) is 0 Å².